The molecule has 0 radical (unpaired) electrons. The van der Waals surface area contributed by atoms with Crippen molar-refractivity contribution in [2.45, 2.75) is 0 Å². The summed E-state index contributed by atoms with van der Waals surface area (Å²) in [6.45, 7) is 0. The van der Waals surface area contributed by atoms with Crippen molar-refractivity contribution < 1.29 is 14.3 Å². The molecule has 0 atom stereocenters. The number of para-hydroxylation sites is 1. The Morgan fingerprint density at radius 2 is 2.12 bits per heavy atom. The van der Waals surface area contributed by atoms with Gasteiger partial charge >= 0.3 is 5.97 Å². The highest BCUT2D eigenvalue weighted by atomic mass is 35.5. The van der Waals surface area contributed by atoms with E-state index in [4.69, 9.17) is 16.7 Å². The summed E-state index contributed by atoms with van der Waals surface area (Å²) in [4.78, 5) is 10.6. The van der Waals surface area contributed by atoms with E-state index >= 15 is 0 Å². The number of carboxylic acid groups (broad SMARTS) is 1. The predicted molar refractivity (Wildman–Crippen MR) is 55.5 cm³/mol. The number of hydrogen-bond acceptors (Lipinski definition) is 2. The molecule has 1 N–H and O–H groups in total. The van der Waals surface area contributed by atoms with Crippen LogP contribution in [0.3, 0.4) is 0 Å². The summed E-state index contributed by atoms with van der Waals surface area (Å²) >= 11 is 5.84. The van der Waals surface area contributed by atoms with E-state index in [9.17, 15) is 9.18 Å². The van der Waals surface area contributed by atoms with Crippen molar-refractivity contribution in [3.8, 4) is 5.69 Å². The second kappa shape index (κ2) is 3.94. The minimum Gasteiger partial charge on any atom is -0.477 e. The highest BCUT2D eigenvalue weighted by Crippen LogP contribution is 2.21. The second-order valence-corrected chi connectivity index (χ2v) is 3.42. The van der Waals surface area contributed by atoms with E-state index in [2.05, 4.69) is 5.10 Å². The van der Waals surface area contributed by atoms with Gasteiger partial charge in [0.05, 0.1) is 16.9 Å². The lowest BCUT2D eigenvalue weighted by Crippen LogP contribution is -2.04. The Morgan fingerprint density at radius 3 is 2.69 bits per heavy atom. The lowest BCUT2D eigenvalue weighted by molar-refractivity contribution is 0.0691. The third kappa shape index (κ3) is 1.65. The van der Waals surface area contributed by atoms with Crippen molar-refractivity contribution in [3.63, 3.8) is 0 Å². The zero-order chi connectivity index (χ0) is 11.7. The van der Waals surface area contributed by atoms with Crippen LogP contribution in [0.5, 0.6) is 0 Å². The monoisotopic (exact) mass is 240 g/mol. The minimum absolute atomic E-state index is 0.293. The maximum atomic E-state index is 13.6. The molecule has 82 valence electrons. The summed E-state index contributed by atoms with van der Waals surface area (Å²) in [5, 5.41) is 12.6. The molecule has 0 aliphatic heterocycles. The SMILES string of the molecule is O=C(O)c1cnn(-c2ccccc2Cl)c1F. The normalized spacial score (nSPS) is 10.4. The Balaban J connectivity index is 2.58. The number of benzene rings is 1. The molecule has 0 aliphatic rings. The van der Waals surface area contributed by atoms with Crippen molar-refractivity contribution in [3.05, 3.63) is 47.0 Å². The molecule has 4 nitrogen and oxygen atoms in total. The number of nitrogens with zero attached hydrogens (tertiary/aromatic N) is 2. The largest absolute Gasteiger partial charge is 0.477 e. The van der Waals surface area contributed by atoms with Crippen LogP contribution < -0.4 is 0 Å². The molecule has 1 aromatic heterocycles. The summed E-state index contributed by atoms with van der Waals surface area (Å²) in [5.41, 5.74) is -0.186. The number of aromatic nitrogens is 2. The molecule has 0 spiro atoms. The van der Waals surface area contributed by atoms with Gasteiger partial charge in [0, 0.05) is 0 Å². The summed E-state index contributed by atoms with van der Waals surface area (Å²) in [6, 6.07) is 6.45. The maximum Gasteiger partial charge on any atom is 0.342 e. The molecule has 1 heterocycles. The molecule has 6 heteroatoms. The maximum absolute atomic E-state index is 13.6. The molecule has 0 bridgehead atoms. The van der Waals surface area contributed by atoms with Gasteiger partial charge in [-0.3, -0.25) is 0 Å². The van der Waals surface area contributed by atoms with E-state index < -0.39 is 17.5 Å². The smallest absolute Gasteiger partial charge is 0.342 e. The van der Waals surface area contributed by atoms with Crippen LogP contribution in [0.25, 0.3) is 5.69 Å². The number of hydrogen-bond donors (Lipinski definition) is 1. The number of carboxylic acids is 1. The van der Waals surface area contributed by atoms with E-state index in [1.54, 1.807) is 24.3 Å². The van der Waals surface area contributed by atoms with Gasteiger partial charge in [0.1, 0.15) is 5.56 Å². The number of carbonyl (C=O) groups is 1. The number of aromatic carboxylic acids is 1. The van der Waals surface area contributed by atoms with E-state index in [1.165, 1.54) is 0 Å². The Labute approximate surface area is 94.9 Å². The van der Waals surface area contributed by atoms with Crippen LogP contribution >= 0.6 is 11.6 Å². The van der Waals surface area contributed by atoms with Gasteiger partial charge in [-0.2, -0.15) is 9.49 Å². The molecule has 0 saturated heterocycles. The zero-order valence-corrected chi connectivity index (χ0v) is 8.65. The molecule has 0 aliphatic carbocycles. The van der Waals surface area contributed by atoms with Gasteiger partial charge in [0.25, 0.3) is 0 Å². The van der Waals surface area contributed by atoms with E-state index in [0.717, 1.165) is 10.9 Å². The van der Waals surface area contributed by atoms with Gasteiger partial charge < -0.3 is 5.11 Å². The fourth-order valence-corrected chi connectivity index (χ4v) is 1.48. The second-order valence-electron chi connectivity index (χ2n) is 3.02. The third-order valence-corrected chi connectivity index (χ3v) is 2.34. The van der Waals surface area contributed by atoms with Gasteiger partial charge in [-0.25, -0.2) is 9.48 Å². The molecule has 0 unspecified atom stereocenters. The molecule has 16 heavy (non-hydrogen) atoms. The first kappa shape index (κ1) is 10.6. The number of rotatable bonds is 2. The lowest BCUT2D eigenvalue weighted by Gasteiger charge is -2.03. The highest BCUT2D eigenvalue weighted by molar-refractivity contribution is 6.32. The van der Waals surface area contributed by atoms with Crippen LogP contribution in [0.1, 0.15) is 10.4 Å². The first-order chi connectivity index (χ1) is 7.61. The topological polar surface area (TPSA) is 55.1 Å². The average Bonchev–Trinajstić information content (AvgIpc) is 2.61. The third-order valence-electron chi connectivity index (χ3n) is 2.02. The fourth-order valence-electron chi connectivity index (χ4n) is 1.27. The summed E-state index contributed by atoms with van der Waals surface area (Å²) in [7, 11) is 0. The number of halogens is 2. The Morgan fingerprint density at radius 1 is 1.44 bits per heavy atom. The Hall–Kier alpha value is -1.88. The van der Waals surface area contributed by atoms with Gasteiger partial charge in [0.2, 0.25) is 5.95 Å². The molecule has 2 aromatic rings. The first-order valence-electron chi connectivity index (χ1n) is 4.33. The van der Waals surface area contributed by atoms with E-state index in [0.29, 0.717) is 10.7 Å². The van der Waals surface area contributed by atoms with Crippen LogP contribution in [-0.2, 0) is 0 Å². The van der Waals surface area contributed by atoms with Crippen molar-refractivity contribution >= 4 is 17.6 Å². The molecule has 1 aromatic carbocycles. The highest BCUT2D eigenvalue weighted by Gasteiger charge is 2.18. The minimum atomic E-state index is -1.36. The molecule has 0 amide bonds. The molecule has 0 saturated carbocycles. The summed E-state index contributed by atoms with van der Waals surface area (Å²) in [6.07, 6.45) is 0.945. The summed E-state index contributed by atoms with van der Waals surface area (Å²) < 4.78 is 14.5. The Bertz CT molecular complexity index is 554. The van der Waals surface area contributed by atoms with Gasteiger partial charge in [0.15, 0.2) is 0 Å². The lowest BCUT2D eigenvalue weighted by atomic mass is 10.3. The van der Waals surface area contributed by atoms with Crippen molar-refractivity contribution in [2.24, 2.45) is 0 Å². The molecular formula is C10H6ClFN2O2. The van der Waals surface area contributed by atoms with Gasteiger partial charge in [-0.1, -0.05) is 23.7 Å². The van der Waals surface area contributed by atoms with Crippen LogP contribution in [0.15, 0.2) is 30.5 Å². The predicted octanol–water partition coefficient (Wildman–Crippen LogP) is 2.36. The summed E-state index contributed by atoms with van der Waals surface area (Å²) in [5.74, 6) is -2.31. The molecule has 2 rings (SSSR count). The molecule has 0 fully saturated rings. The fraction of sp³-hybridized carbons (Fsp3) is 0. The van der Waals surface area contributed by atoms with Gasteiger partial charge in [-0.05, 0) is 12.1 Å². The van der Waals surface area contributed by atoms with E-state index in [1.807, 2.05) is 0 Å². The quantitative estimate of drug-likeness (QED) is 0.877. The molecular weight excluding hydrogens is 235 g/mol. The zero-order valence-electron chi connectivity index (χ0n) is 7.89. The Kier molecular flexibility index (Phi) is 2.62. The average molecular weight is 241 g/mol. The van der Waals surface area contributed by atoms with Gasteiger partial charge in [-0.15, -0.1) is 0 Å². The van der Waals surface area contributed by atoms with E-state index in [-0.39, 0.29) is 0 Å². The van der Waals surface area contributed by atoms with Crippen molar-refractivity contribution in [2.75, 3.05) is 0 Å². The van der Waals surface area contributed by atoms with Crippen LogP contribution in [0.4, 0.5) is 4.39 Å². The van der Waals surface area contributed by atoms with Crippen LogP contribution in [0.2, 0.25) is 5.02 Å². The van der Waals surface area contributed by atoms with Crippen LogP contribution in [-0.4, -0.2) is 20.9 Å². The standard InChI is InChI=1S/C10H6ClFN2O2/c11-7-3-1-2-4-8(7)14-9(12)6(5-13-14)10(15)16/h1-5H,(H,15,16). The van der Waals surface area contributed by atoms with Crippen LogP contribution in [0, 0.1) is 5.95 Å². The first-order valence-corrected chi connectivity index (χ1v) is 4.71. The van der Waals surface area contributed by atoms with Crippen molar-refractivity contribution in [1.29, 1.82) is 0 Å². The van der Waals surface area contributed by atoms with Crippen molar-refractivity contribution in [1.82, 2.24) is 9.78 Å².